The molecule has 25 heavy (non-hydrogen) atoms. The Bertz CT molecular complexity index is 808. The SMILES string of the molecule is Cc1nn(CCC(=O)N(CCC#N)c2ccccc2)c(C)c1[N+](=O)[O-]. The molecule has 0 fully saturated rings. The van der Waals surface area contributed by atoms with Crippen molar-refractivity contribution in [1.29, 1.82) is 5.26 Å². The van der Waals surface area contributed by atoms with Gasteiger partial charge in [0.05, 0.1) is 24.0 Å². The van der Waals surface area contributed by atoms with Gasteiger partial charge in [-0.25, -0.2) is 0 Å². The van der Waals surface area contributed by atoms with E-state index in [0.717, 1.165) is 5.69 Å². The zero-order valence-electron chi connectivity index (χ0n) is 14.2. The Balaban J connectivity index is 2.13. The van der Waals surface area contributed by atoms with Gasteiger partial charge in [0.25, 0.3) is 0 Å². The Kier molecular flexibility index (Phi) is 5.84. The molecule has 0 N–H and O–H groups in total. The Morgan fingerprint density at radius 2 is 2.04 bits per heavy atom. The number of aryl methyl sites for hydroxylation is 2. The first-order valence-corrected chi connectivity index (χ1v) is 7.86. The van der Waals surface area contributed by atoms with Gasteiger partial charge in [0.1, 0.15) is 11.4 Å². The van der Waals surface area contributed by atoms with E-state index >= 15 is 0 Å². The van der Waals surface area contributed by atoms with Gasteiger partial charge >= 0.3 is 5.69 Å². The third-order valence-electron chi connectivity index (χ3n) is 3.88. The highest BCUT2D eigenvalue weighted by Gasteiger charge is 2.22. The van der Waals surface area contributed by atoms with Crippen molar-refractivity contribution in [3.05, 3.63) is 51.8 Å². The van der Waals surface area contributed by atoms with Crippen molar-refractivity contribution < 1.29 is 9.72 Å². The molecule has 1 aromatic carbocycles. The number of nitro groups is 1. The van der Waals surface area contributed by atoms with E-state index in [1.165, 1.54) is 4.68 Å². The fourth-order valence-corrected chi connectivity index (χ4v) is 2.67. The molecule has 130 valence electrons. The summed E-state index contributed by atoms with van der Waals surface area (Å²) < 4.78 is 1.48. The van der Waals surface area contributed by atoms with Crippen LogP contribution >= 0.6 is 0 Å². The largest absolute Gasteiger partial charge is 0.312 e. The van der Waals surface area contributed by atoms with Gasteiger partial charge in [0, 0.05) is 18.7 Å². The molecule has 0 aliphatic carbocycles. The molecule has 0 bridgehead atoms. The normalized spacial score (nSPS) is 10.3. The minimum absolute atomic E-state index is 0.0168. The minimum Gasteiger partial charge on any atom is -0.311 e. The van der Waals surface area contributed by atoms with E-state index in [4.69, 9.17) is 5.26 Å². The molecule has 1 aromatic heterocycles. The number of rotatable bonds is 7. The zero-order valence-corrected chi connectivity index (χ0v) is 14.2. The van der Waals surface area contributed by atoms with Crippen LogP contribution in [-0.4, -0.2) is 27.2 Å². The Hall–Kier alpha value is -3.21. The standard InChI is InChI=1S/C17H19N5O3/c1-13-17(22(24)25)14(2)21(19-13)12-9-16(23)20(11-6-10-18)15-7-4-3-5-8-15/h3-5,7-8H,6,9,11-12H2,1-2H3. The summed E-state index contributed by atoms with van der Waals surface area (Å²) >= 11 is 0. The number of nitriles is 1. The van der Waals surface area contributed by atoms with E-state index in [0.29, 0.717) is 17.9 Å². The molecule has 0 saturated heterocycles. The average molecular weight is 341 g/mol. The van der Waals surface area contributed by atoms with Crippen LogP contribution in [0.4, 0.5) is 11.4 Å². The van der Waals surface area contributed by atoms with E-state index in [1.807, 2.05) is 36.4 Å². The maximum atomic E-state index is 12.6. The van der Waals surface area contributed by atoms with Crippen molar-refractivity contribution in [2.24, 2.45) is 0 Å². The third kappa shape index (κ3) is 4.20. The van der Waals surface area contributed by atoms with E-state index in [2.05, 4.69) is 5.10 Å². The fraction of sp³-hybridized carbons (Fsp3) is 0.353. The number of aromatic nitrogens is 2. The highest BCUT2D eigenvalue weighted by Crippen LogP contribution is 2.22. The summed E-state index contributed by atoms with van der Waals surface area (Å²) in [5, 5.41) is 24.0. The first-order chi connectivity index (χ1) is 12.0. The van der Waals surface area contributed by atoms with Gasteiger partial charge in [-0.15, -0.1) is 0 Å². The highest BCUT2D eigenvalue weighted by atomic mass is 16.6. The number of carbonyl (C=O) groups excluding carboxylic acids is 1. The highest BCUT2D eigenvalue weighted by molar-refractivity contribution is 5.93. The molecule has 0 radical (unpaired) electrons. The van der Waals surface area contributed by atoms with Crippen LogP contribution in [0.1, 0.15) is 24.2 Å². The van der Waals surface area contributed by atoms with E-state index < -0.39 is 4.92 Å². The quantitative estimate of drug-likeness (QED) is 0.569. The molecule has 0 aliphatic heterocycles. The molecule has 1 amide bonds. The lowest BCUT2D eigenvalue weighted by molar-refractivity contribution is -0.386. The summed E-state index contributed by atoms with van der Waals surface area (Å²) in [4.78, 5) is 24.8. The molecule has 2 aromatic rings. The number of nitrogens with zero attached hydrogens (tertiary/aromatic N) is 5. The van der Waals surface area contributed by atoms with Gasteiger partial charge in [-0.2, -0.15) is 10.4 Å². The second-order valence-electron chi connectivity index (χ2n) is 5.54. The molecule has 8 heteroatoms. The smallest absolute Gasteiger partial charge is 0.311 e. The molecule has 0 atom stereocenters. The number of benzene rings is 1. The van der Waals surface area contributed by atoms with Gasteiger partial charge in [0.15, 0.2) is 0 Å². The van der Waals surface area contributed by atoms with Crippen molar-refractivity contribution >= 4 is 17.3 Å². The summed E-state index contributed by atoms with van der Waals surface area (Å²) in [5.74, 6) is -0.156. The van der Waals surface area contributed by atoms with E-state index in [-0.39, 0.29) is 31.0 Å². The molecular weight excluding hydrogens is 322 g/mol. The number of amides is 1. The zero-order chi connectivity index (χ0) is 18.4. The summed E-state index contributed by atoms with van der Waals surface area (Å²) in [6.07, 6.45) is 0.367. The molecule has 2 rings (SSSR count). The second kappa shape index (κ2) is 8.06. The molecule has 0 aliphatic rings. The van der Waals surface area contributed by atoms with Crippen molar-refractivity contribution in [3.63, 3.8) is 0 Å². The number of carbonyl (C=O) groups is 1. The average Bonchev–Trinajstić information content (AvgIpc) is 2.88. The third-order valence-corrected chi connectivity index (χ3v) is 3.88. The lowest BCUT2D eigenvalue weighted by atomic mass is 10.2. The topological polar surface area (TPSA) is 105 Å². The first-order valence-electron chi connectivity index (χ1n) is 7.86. The van der Waals surface area contributed by atoms with Gasteiger partial charge in [-0.1, -0.05) is 18.2 Å². The van der Waals surface area contributed by atoms with Crippen LogP contribution in [0.5, 0.6) is 0 Å². The predicted molar refractivity (Wildman–Crippen MR) is 92.0 cm³/mol. The molecule has 0 spiro atoms. The van der Waals surface area contributed by atoms with Crippen LogP contribution in [0.2, 0.25) is 0 Å². The van der Waals surface area contributed by atoms with Crippen molar-refractivity contribution in [1.82, 2.24) is 9.78 Å². The lowest BCUT2D eigenvalue weighted by Gasteiger charge is -2.21. The molecule has 1 heterocycles. The number of hydrogen-bond donors (Lipinski definition) is 0. The van der Waals surface area contributed by atoms with Gasteiger partial charge in [0.2, 0.25) is 5.91 Å². The summed E-state index contributed by atoms with van der Waals surface area (Å²) in [5.41, 5.74) is 1.47. The van der Waals surface area contributed by atoms with Gasteiger partial charge in [-0.05, 0) is 26.0 Å². The van der Waals surface area contributed by atoms with E-state index in [1.54, 1.807) is 18.7 Å². The van der Waals surface area contributed by atoms with E-state index in [9.17, 15) is 14.9 Å². The van der Waals surface area contributed by atoms with Crippen LogP contribution < -0.4 is 4.90 Å². The lowest BCUT2D eigenvalue weighted by Crippen LogP contribution is -2.32. The monoisotopic (exact) mass is 341 g/mol. The molecule has 0 saturated carbocycles. The summed E-state index contributed by atoms with van der Waals surface area (Å²) in [7, 11) is 0. The maximum Gasteiger partial charge on any atom is 0.312 e. The first kappa shape index (κ1) is 18.1. The maximum absolute atomic E-state index is 12.6. The minimum atomic E-state index is -0.459. The van der Waals surface area contributed by atoms with Gasteiger partial charge in [-0.3, -0.25) is 19.6 Å². The van der Waals surface area contributed by atoms with Crippen molar-refractivity contribution in [3.8, 4) is 6.07 Å². The summed E-state index contributed by atoms with van der Waals surface area (Å²) in [6.45, 7) is 3.74. The summed E-state index contributed by atoms with van der Waals surface area (Å²) in [6, 6.07) is 11.2. The second-order valence-corrected chi connectivity index (χ2v) is 5.54. The number of anilines is 1. The van der Waals surface area contributed by atoms with Gasteiger partial charge < -0.3 is 4.90 Å². The predicted octanol–water partition coefficient (Wildman–Crippen LogP) is 2.75. The van der Waals surface area contributed by atoms with Crippen LogP contribution in [0.3, 0.4) is 0 Å². The molecule has 8 nitrogen and oxygen atoms in total. The number of hydrogen-bond acceptors (Lipinski definition) is 5. The van der Waals surface area contributed by atoms with Crippen LogP contribution in [-0.2, 0) is 11.3 Å². The Morgan fingerprint density at radius 1 is 1.36 bits per heavy atom. The Morgan fingerprint density at radius 3 is 2.60 bits per heavy atom. The number of para-hydroxylation sites is 1. The van der Waals surface area contributed by atoms with Crippen molar-refractivity contribution in [2.45, 2.75) is 33.2 Å². The van der Waals surface area contributed by atoms with Crippen LogP contribution in [0.15, 0.2) is 30.3 Å². The fourth-order valence-electron chi connectivity index (χ4n) is 2.67. The van der Waals surface area contributed by atoms with Crippen LogP contribution in [0, 0.1) is 35.3 Å². The van der Waals surface area contributed by atoms with Crippen LogP contribution in [0.25, 0.3) is 0 Å². The molecular formula is C17H19N5O3. The molecule has 0 unspecified atom stereocenters. The Labute approximate surface area is 145 Å². The van der Waals surface area contributed by atoms with Crippen molar-refractivity contribution in [2.75, 3.05) is 11.4 Å².